The summed E-state index contributed by atoms with van der Waals surface area (Å²) in [6, 6.07) is 3.51. The highest BCUT2D eigenvalue weighted by Gasteiger charge is 2.09. The van der Waals surface area contributed by atoms with Crippen LogP contribution in [0.2, 0.25) is 5.02 Å². The highest BCUT2D eigenvalue weighted by atomic mass is 35.5. The van der Waals surface area contributed by atoms with Gasteiger partial charge in [0.1, 0.15) is 0 Å². The molecule has 0 atom stereocenters. The number of amides is 2. The molecular weight excluding hydrogens is 260 g/mol. The van der Waals surface area contributed by atoms with Gasteiger partial charge in [-0.2, -0.15) is 0 Å². The van der Waals surface area contributed by atoms with Crippen molar-refractivity contribution in [2.24, 2.45) is 5.41 Å². The molecule has 0 saturated heterocycles. The summed E-state index contributed by atoms with van der Waals surface area (Å²) in [5, 5.41) is 5.97. The third-order valence-corrected chi connectivity index (χ3v) is 2.77. The number of aryl methyl sites for hydroxylation is 2. The van der Waals surface area contributed by atoms with Gasteiger partial charge in [-0.1, -0.05) is 44.5 Å². The number of benzene rings is 1. The van der Waals surface area contributed by atoms with Gasteiger partial charge in [-0.05, 0) is 36.5 Å². The summed E-state index contributed by atoms with van der Waals surface area (Å²) < 4.78 is 0. The second-order valence-corrected chi connectivity index (χ2v) is 6.14. The van der Waals surface area contributed by atoms with E-state index in [-0.39, 0.29) is 11.4 Å². The Bertz CT molecular complexity index is 478. The van der Waals surface area contributed by atoms with Gasteiger partial charge in [0.25, 0.3) is 0 Å². The maximum Gasteiger partial charge on any atom is 0.323 e. The third kappa shape index (κ3) is 5.35. The van der Waals surface area contributed by atoms with Gasteiger partial charge in [-0.15, -0.1) is 0 Å². The van der Waals surface area contributed by atoms with Crippen LogP contribution in [0.25, 0.3) is 0 Å². The number of rotatable bonds is 2. The Morgan fingerprint density at radius 2 is 1.89 bits per heavy atom. The zero-order chi connectivity index (χ0) is 14.6. The minimum atomic E-state index is -0.297. The van der Waals surface area contributed by atoms with Gasteiger partial charge in [0.15, 0.2) is 0 Å². The summed E-state index contributed by atoms with van der Waals surface area (Å²) in [7, 11) is 0. The lowest BCUT2D eigenvalue weighted by Gasteiger charge is -2.13. The molecule has 3 nitrogen and oxygen atoms in total. The van der Waals surface area contributed by atoms with E-state index in [0.717, 1.165) is 11.1 Å². The van der Waals surface area contributed by atoms with Crippen molar-refractivity contribution < 1.29 is 4.79 Å². The molecule has 0 bridgehead atoms. The average molecular weight is 281 g/mol. The monoisotopic (exact) mass is 280 g/mol. The minimum Gasteiger partial charge on any atom is -0.315 e. The van der Waals surface area contributed by atoms with Crippen molar-refractivity contribution in [3.8, 4) is 0 Å². The lowest BCUT2D eigenvalue weighted by Crippen LogP contribution is -2.25. The topological polar surface area (TPSA) is 41.1 Å². The summed E-state index contributed by atoms with van der Waals surface area (Å²) in [6.07, 6.45) is 3.57. The Balaban J connectivity index is 2.71. The summed E-state index contributed by atoms with van der Waals surface area (Å²) in [6.45, 7) is 10.1. The first kappa shape index (κ1) is 15.6. The van der Waals surface area contributed by atoms with E-state index in [1.165, 1.54) is 0 Å². The summed E-state index contributed by atoms with van der Waals surface area (Å²) in [5.74, 6) is 0. The molecule has 1 rings (SSSR count). The van der Waals surface area contributed by atoms with Gasteiger partial charge >= 0.3 is 6.03 Å². The molecule has 19 heavy (non-hydrogen) atoms. The van der Waals surface area contributed by atoms with Crippen LogP contribution in [0.3, 0.4) is 0 Å². The molecule has 0 aliphatic carbocycles. The van der Waals surface area contributed by atoms with Crippen molar-refractivity contribution in [1.82, 2.24) is 5.32 Å². The molecule has 4 heteroatoms. The third-order valence-electron chi connectivity index (χ3n) is 2.47. The van der Waals surface area contributed by atoms with Crippen molar-refractivity contribution in [3.05, 3.63) is 40.6 Å². The summed E-state index contributed by atoms with van der Waals surface area (Å²) >= 11 is 6.12. The number of carbonyl (C=O) groups excluding carboxylic acids is 1. The number of anilines is 1. The molecule has 2 amide bonds. The quantitative estimate of drug-likeness (QED) is 0.814. The fourth-order valence-electron chi connectivity index (χ4n) is 1.59. The van der Waals surface area contributed by atoms with Gasteiger partial charge in [0.05, 0.1) is 10.7 Å². The van der Waals surface area contributed by atoms with E-state index in [1.807, 2.05) is 32.1 Å². The van der Waals surface area contributed by atoms with Gasteiger partial charge in [0, 0.05) is 6.20 Å². The van der Waals surface area contributed by atoms with Crippen molar-refractivity contribution in [2.75, 3.05) is 5.32 Å². The Hall–Kier alpha value is -1.48. The van der Waals surface area contributed by atoms with Crippen molar-refractivity contribution in [2.45, 2.75) is 34.6 Å². The number of hydrogen-bond donors (Lipinski definition) is 2. The van der Waals surface area contributed by atoms with E-state index in [0.29, 0.717) is 10.7 Å². The first-order valence-corrected chi connectivity index (χ1v) is 6.59. The van der Waals surface area contributed by atoms with Crippen molar-refractivity contribution in [3.63, 3.8) is 0 Å². The smallest absolute Gasteiger partial charge is 0.315 e. The van der Waals surface area contributed by atoms with Gasteiger partial charge in [-0.25, -0.2) is 4.79 Å². The van der Waals surface area contributed by atoms with Crippen LogP contribution < -0.4 is 10.6 Å². The molecule has 0 unspecified atom stereocenters. The molecule has 0 aromatic heterocycles. The fourth-order valence-corrected chi connectivity index (χ4v) is 1.96. The molecule has 1 aromatic rings. The number of halogens is 1. The van der Waals surface area contributed by atoms with E-state index < -0.39 is 0 Å². The number of nitrogens with one attached hydrogen (secondary N) is 2. The van der Waals surface area contributed by atoms with Crippen LogP contribution in [0.4, 0.5) is 10.5 Å². The summed E-state index contributed by atoms with van der Waals surface area (Å²) in [5.41, 5.74) is 2.69. The minimum absolute atomic E-state index is 0.0324. The first-order valence-electron chi connectivity index (χ1n) is 6.21. The average Bonchev–Trinajstić information content (AvgIpc) is 2.21. The molecule has 0 radical (unpaired) electrons. The zero-order valence-corrected chi connectivity index (χ0v) is 12.9. The molecule has 0 spiro atoms. The molecular formula is C15H21ClN2O. The van der Waals surface area contributed by atoms with E-state index in [1.54, 1.807) is 6.20 Å². The number of urea groups is 1. The van der Waals surface area contributed by atoms with Crippen LogP contribution in [0.1, 0.15) is 31.9 Å². The van der Waals surface area contributed by atoms with Crippen LogP contribution >= 0.6 is 11.6 Å². The lowest BCUT2D eigenvalue weighted by molar-refractivity contribution is 0.255. The van der Waals surface area contributed by atoms with Crippen molar-refractivity contribution in [1.29, 1.82) is 0 Å². The Morgan fingerprint density at radius 3 is 2.42 bits per heavy atom. The SMILES string of the molecule is Cc1cc(C)c(NC(=O)N/C=C/C(C)(C)C)c(Cl)c1. The van der Waals surface area contributed by atoms with Crippen molar-refractivity contribution >= 4 is 23.3 Å². The Morgan fingerprint density at radius 1 is 1.26 bits per heavy atom. The highest BCUT2D eigenvalue weighted by molar-refractivity contribution is 6.34. The van der Waals surface area contributed by atoms with E-state index in [2.05, 4.69) is 31.4 Å². The van der Waals surface area contributed by atoms with Crippen LogP contribution in [0.15, 0.2) is 24.4 Å². The zero-order valence-electron chi connectivity index (χ0n) is 12.1. The van der Waals surface area contributed by atoms with Gasteiger partial charge in [-0.3, -0.25) is 0 Å². The lowest BCUT2D eigenvalue weighted by atomic mass is 9.97. The number of allylic oxidation sites excluding steroid dienone is 1. The van der Waals surface area contributed by atoms with E-state index in [9.17, 15) is 4.79 Å². The number of hydrogen-bond acceptors (Lipinski definition) is 1. The number of carbonyl (C=O) groups is 1. The highest BCUT2D eigenvalue weighted by Crippen LogP contribution is 2.27. The predicted octanol–water partition coefficient (Wildman–Crippen LogP) is 4.64. The van der Waals surface area contributed by atoms with Gasteiger partial charge in [0.2, 0.25) is 0 Å². The maximum absolute atomic E-state index is 11.8. The molecule has 0 aliphatic rings. The van der Waals surface area contributed by atoms with Crippen LogP contribution in [-0.2, 0) is 0 Å². The molecule has 0 heterocycles. The molecule has 0 saturated carbocycles. The maximum atomic E-state index is 11.8. The summed E-state index contributed by atoms with van der Waals surface area (Å²) in [4.78, 5) is 11.8. The molecule has 1 aromatic carbocycles. The normalized spacial score (nSPS) is 11.7. The molecule has 0 aliphatic heterocycles. The second kappa shape index (κ2) is 6.11. The molecule has 104 valence electrons. The first-order chi connectivity index (χ1) is 8.69. The fraction of sp³-hybridized carbons (Fsp3) is 0.400. The Labute approximate surface area is 120 Å². The molecule has 0 fully saturated rings. The van der Waals surface area contributed by atoms with Crippen LogP contribution in [0, 0.1) is 19.3 Å². The Kier molecular flexibility index (Phi) is 5.01. The van der Waals surface area contributed by atoms with Crippen LogP contribution in [0.5, 0.6) is 0 Å². The second-order valence-electron chi connectivity index (χ2n) is 5.74. The van der Waals surface area contributed by atoms with E-state index >= 15 is 0 Å². The van der Waals surface area contributed by atoms with Gasteiger partial charge < -0.3 is 10.6 Å². The standard InChI is InChI=1S/C15H21ClN2O/c1-10-8-11(2)13(12(16)9-10)18-14(19)17-7-6-15(3,4)5/h6-9H,1-5H3,(H2,17,18,19)/b7-6+. The largest absolute Gasteiger partial charge is 0.323 e. The van der Waals surface area contributed by atoms with Crippen LogP contribution in [-0.4, -0.2) is 6.03 Å². The molecule has 2 N–H and O–H groups in total. The van der Waals surface area contributed by atoms with E-state index in [4.69, 9.17) is 11.6 Å². The predicted molar refractivity (Wildman–Crippen MR) is 81.7 cm³/mol.